The van der Waals surface area contributed by atoms with Crippen molar-refractivity contribution in [2.24, 2.45) is 0 Å². The Morgan fingerprint density at radius 2 is 1.44 bits per heavy atom. The second-order valence-electron chi connectivity index (χ2n) is 9.91. The molecule has 0 saturated carbocycles. The smallest absolute Gasteiger partial charge is 0.347 e. The zero-order chi connectivity index (χ0) is 23.4. The number of ether oxygens (including phenoxy) is 1. The van der Waals surface area contributed by atoms with Crippen molar-refractivity contribution in [3.8, 4) is 11.5 Å². The molecule has 0 radical (unpaired) electrons. The molecule has 2 aromatic carbocycles. The summed E-state index contributed by atoms with van der Waals surface area (Å²) < 4.78 is 5.72. The molecule has 0 atom stereocenters. The van der Waals surface area contributed by atoms with Crippen molar-refractivity contribution < 1.29 is 14.6 Å². The quantitative estimate of drug-likeness (QED) is 0.194. The van der Waals surface area contributed by atoms with Gasteiger partial charge >= 0.3 is 5.97 Å². The highest BCUT2D eigenvalue weighted by Crippen LogP contribution is 2.29. The highest BCUT2D eigenvalue weighted by molar-refractivity contribution is 5.94. The molecule has 0 spiro atoms. The predicted octanol–water partition coefficient (Wildman–Crippen LogP) is 8.37. The summed E-state index contributed by atoms with van der Waals surface area (Å²) in [7, 11) is 0. The van der Waals surface area contributed by atoms with E-state index < -0.39 is 5.97 Å². The number of hydrogen-bond acceptors (Lipinski definition) is 3. The van der Waals surface area contributed by atoms with Crippen molar-refractivity contribution in [3.05, 3.63) is 59.2 Å². The number of aryl methyl sites for hydroxylation is 1. The number of para-hydroxylation sites is 1. The van der Waals surface area contributed by atoms with E-state index in [0.717, 1.165) is 24.0 Å². The SMILES string of the molecule is CCCCCCCCCCCCc1ccccc1OC(=O)c1cc(C(C)(C)C)ccc1O. The minimum atomic E-state index is -0.510. The molecule has 0 amide bonds. The summed E-state index contributed by atoms with van der Waals surface area (Å²) in [5, 5.41) is 10.2. The van der Waals surface area contributed by atoms with E-state index in [-0.39, 0.29) is 16.7 Å². The molecule has 0 aliphatic rings. The lowest BCUT2D eigenvalue weighted by molar-refractivity contribution is 0.0730. The summed E-state index contributed by atoms with van der Waals surface area (Å²) in [6.07, 6.45) is 13.9. The van der Waals surface area contributed by atoms with Crippen molar-refractivity contribution >= 4 is 5.97 Å². The van der Waals surface area contributed by atoms with Gasteiger partial charge in [0.2, 0.25) is 0 Å². The Bertz CT molecular complexity index is 833. The maximum Gasteiger partial charge on any atom is 0.347 e. The zero-order valence-electron chi connectivity index (χ0n) is 20.6. The summed E-state index contributed by atoms with van der Waals surface area (Å²) in [6.45, 7) is 8.50. The van der Waals surface area contributed by atoms with Crippen LogP contribution in [0.4, 0.5) is 0 Å². The third-order valence-electron chi connectivity index (χ3n) is 6.06. The third kappa shape index (κ3) is 8.68. The van der Waals surface area contributed by atoms with Gasteiger partial charge in [-0.05, 0) is 47.6 Å². The second kappa shape index (κ2) is 13.3. The fraction of sp³-hybridized carbons (Fsp3) is 0.552. The first kappa shape index (κ1) is 26.0. The Hall–Kier alpha value is -2.29. The number of benzene rings is 2. The molecule has 0 bridgehead atoms. The predicted molar refractivity (Wildman–Crippen MR) is 134 cm³/mol. The molecule has 0 fully saturated rings. The number of carbonyl (C=O) groups excluding carboxylic acids is 1. The van der Waals surface area contributed by atoms with Gasteiger partial charge in [0.1, 0.15) is 17.1 Å². The first-order chi connectivity index (χ1) is 15.3. The van der Waals surface area contributed by atoms with Crippen molar-refractivity contribution in [2.45, 2.75) is 104 Å². The van der Waals surface area contributed by atoms with Crippen molar-refractivity contribution in [1.29, 1.82) is 0 Å². The molecule has 3 nitrogen and oxygen atoms in total. The van der Waals surface area contributed by atoms with Gasteiger partial charge in [0.15, 0.2) is 0 Å². The third-order valence-corrected chi connectivity index (χ3v) is 6.06. The van der Waals surface area contributed by atoms with E-state index in [1.165, 1.54) is 57.8 Å². The molecule has 2 rings (SSSR count). The number of phenols is 1. The van der Waals surface area contributed by atoms with Crippen LogP contribution in [0.15, 0.2) is 42.5 Å². The molecule has 0 saturated heterocycles. The van der Waals surface area contributed by atoms with Crippen LogP contribution in [0, 0.1) is 0 Å². The summed E-state index contributed by atoms with van der Waals surface area (Å²) in [6, 6.07) is 12.9. The Morgan fingerprint density at radius 1 is 0.844 bits per heavy atom. The lowest BCUT2D eigenvalue weighted by Gasteiger charge is -2.20. The van der Waals surface area contributed by atoms with E-state index in [2.05, 4.69) is 27.7 Å². The average molecular weight is 439 g/mol. The van der Waals surface area contributed by atoms with Gasteiger partial charge in [0.25, 0.3) is 0 Å². The number of unbranched alkanes of at least 4 members (excludes halogenated alkanes) is 9. The van der Waals surface area contributed by atoms with Gasteiger partial charge in [-0.25, -0.2) is 4.79 Å². The van der Waals surface area contributed by atoms with Gasteiger partial charge in [-0.2, -0.15) is 0 Å². The monoisotopic (exact) mass is 438 g/mol. The highest BCUT2D eigenvalue weighted by atomic mass is 16.5. The highest BCUT2D eigenvalue weighted by Gasteiger charge is 2.20. The van der Waals surface area contributed by atoms with Crippen molar-refractivity contribution in [1.82, 2.24) is 0 Å². The molecule has 0 unspecified atom stereocenters. The van der Waals surface area contributed by atoms with Gasteiger partial charge in [-0.1, -0.05) is 110 Å². The minimum absolute atomic E-state index is 0.0461. The van der Waals surface area contributed by atoms with Crippen LogP contribution in [0.1, 0.15) is 113 Å². The molecule has 0 aliphatic carbocycles. The van der Waals surface area contributed by atoms with Gasteiger partial charge in [0, 0.05) is 0 Å². The van der Waals surface area contributed by atoms with Gasteiger partial charge < -0.3 is 9.84 Å². The normalized spacial score (nSPS) is 11.5. The van der Waals surface area contributed by atoms with E-state index in [0.29, 0.717) is 5.75 Å². The Labute approximate surface area is 195 Å². The number of phenolic OH excluding ortho intramolecular Hbond substituents is 1. The topological polar surface area (TPSA) is 46.5 Å². The van der Waals surface area contributed by atoms with E-state index in [4.69, 9.17) is 4.74 Å². The number of hydrogen-bond donors (Lipinski definition) is 1. The van der Waals surface area contributed by atoms with Gasteiger partial charge in [0.05, 0.1) is 0 Å². The molecule has 3 heteroatoms. The zero-order valence-corrected chi connectivity index (χ0v) is 20.6. The first-order valence-electron chi connectivity index (χ1n) is 12.5. The van der Waals surface area contributed by atoms with Crippen molar-refractivity contribution in [2.75, 3.05) is 0 Å². The number of rotatable bonds is 13. The van der Waals surface area contributed by atoms with Gasteiger partial charge in [-0.3, -0.25) is 0 Å². The molecule has 0 heterocycles. The van der Waals surface area contributed by atoms with Crippen LogP contribution in [0.5, 0.6) is 11.5 Å². The molecule has 176 valence electrons. The van der Waals surface area contributed by atoms with Crippen molar-refractivity contribution in [3.63, 3.8) is 0 Å². The molecule has 2 aromatic rings. The fourth-order valence-electron chi connectivity index (χ4n) is 3.93. The first-order valence-corrected chi connectivity index (χ1v) is 12.5. The van der Waals surface area contributed by atoms with Crippen LogP contribution in [0.2, 0.25) is 0 Å². The van der Waals surface area contributed by atoms with Crippen LogP contribution >= 0.6 is 0 Å². The lowest BCUT2D eigenvalue weighted by Crippen LogP contribution is -2.15. The van der Waals surface area contributed by atoms with Crippen LogP contribution in [-0.4, -0.2) is 11.1 Å². The van der Waals surface area contributed by atoms with E-state index in [9.17, 15) is 9.90 Å². The second-order valence-corrected chi connectivity index (χ2v) is 9.91. The van der Waals surface area contributed by atoms with E-state index in [1.807, 2.05) is 30.3 Å². The van der Waals surface area contributed by atoms with Gasteiger partial charge in [-0.15, -0.1) is 0 Å². The fourth-order valence-corrected chi connectivity index (χ4v) is 3.93. The van der Waals surface area contributed by atoms with E-state index in [1.54, 1.807) is 12.1 Å². The Morgan fingerprint density at radius 3 is 2.06 bits per heavy atom. The Balaban J connectivity index is 1.85. The number of esters is 1. The molecular formula is C29H42O3. The van der Waals surface area contributed by atoms with Crippen LogP contribution in [0.3, 0.4) is 0 Å². The van der Waals surface area contributed by atoms with E-state index >= 15 is 0 Å². The maximum atomic E-state index is 12.8. The summed E-state index contributed by atoms with van der Waals surface area (Å²) in [5.74, 6) is 0.0354. The molecular weight excluding hydrogens is 396 g/mol. The molecule has 0 aliphatic heterocycles. The largest absolute Gasteiger partial charge is 0.507 e. The summed E-state index contributed by atoms with van der Waals surface area (Å²) >= 11 is 0. The standard InChI is InChI=1S/C29H42O3/c1-5-6-7-8-9-10-11-12-13-14-17-23-18-15-16-19-27(23)32-28(31)25-22-24(29(2,3)4)20-21-26(25)30/h15-16,18-22,30H,5-14,17H2,1-4H3. The minimum Gasteiger partial charge on any atom is -0.507 e. The molecule has 1 N–H and O–H groups in total. The maximum absolute atomic E-state index is 12.8. The number of aromatic hydroxyl groups is 1. The summed E-state index contributed by atoms with van der Waals surface area (Å²) in [4.78, 5) is 12.8. The molecule has 32 heavy (non-hydrogen) atoms. The average Bonchev–Trinajstić information content (AvgIpc) is 2.75. The van der Waals surface area contributed by atoms with Crippen LogP contribution in [-0.2, 0) is 11.8 Å². The Kier molecular flexibility index (Phi) is 10.8. The number of carbonyl (C=O) groups is 1. The van der Waals surface area contributed by atoms with Crippen LogP contribution in [0.25, 0.3) is 0 Å². The summed E-state index contributed by atoms with van der Waals surface area (Å²) in [5.41, 5.74) is 2.13. The van der Waals surface area contributed by atoms with Crippen LogP contribution < -0.4 is 4.74 Å². The molecule has 0 aromatic heterocycles. The lowest BCUT2D eigenvalue weighted by atomic mass is 9.86.